The molecule has 0 spiro atoms. The summed E-state index contributed by atoms with van der Waals surface area (Å²) in [5.74, 6) is 2.79. The van der Waals surface area contributed by atoms with Crippen LogP contribution in [0.25, 0.3) is 0 Å². The molecule has 5 nitrogen and oxygen atoms in total. The van der Waals surface area contributed by atoms with Crippen LogP contribution in [0.5, 0.6) is 0 Å². The molecule has 1 N–H and O–H groups in total. The molecule has 0 amide bonds. The summed E-state index contributed by atoms with van der Waals surface area (Å²) < 4.78 is 5.73. The molecule has 0 aromatic carbocycles. The van der Waals surface area contributed by atoms with Crippen molar-refractivity contribution in [1.82, 2.24) is 9.97 Å². The first-order chi connectivity index (χ1) is 9.90. The van der Waals surface area contributed by atoms with Gasteiger partial charge >= 0.3 is 0 Å². The molecular weight excluding hydrogens is 264 g/mol. The molecule has 1 aromatic heterocycles. The SMILES string of the molecule is CCNc1cc(N2CCCOC(C)C2)nc(C(C)(C)C)n1. The fraction of sp³-hybridized carbons (Fsp3) is 0.750. The quantitative estimate of drug-likeness (QED) is 0.928. The van der Waals surface area contributed by atoms with Gasteiger partial charge in [-0.2, -0.15) is 0 Å². The first kappa shape index (κ1) is 16.0. The first-order valence-electron chi connectivity index (χ1n) is 7.90. The summed E-state index contributed by atoms with van der Waals surface area (Å²) in [6, 6.07) is 2.05. The average molecular weight is 292 g/mol. The zero-order valence-electron chi connectivity index (χ0n) is 13.9. The molecule has 2 heterocycles. The Hall–Kier alpha value is -1.36. The van der Waals surface area contributed by atoms with Crippen molar-refractivity contribution in [1.29, 1.82) is 0 Å². The topological polar surface area (TPSA) is 50.3 Å². The van der Waals surface area contributed by atoms with Gasteiger partial charge in [-0.3, -0.25) is 0 Å². The van der Waals surface area contributed by atoms with E-state index in [1.807, 2.05) is 0 Å². The van der Waals surface area contributed by atoms with Crippen molar-refractivity contribution in [3.63, 3.8) is 0 Å². The van der Waals surface area contributed by atoms with E-state index in [-0.39, 0.29) is 11.5 Å². The summed E-state index contributed by atoms with van der Waals surface area (Å²) in [5.41, 5.74) is -0.0614. The van der Waals surface area contributed by atoms with Gasteiger partial charge in [0.1, 0.15) is 17.5 Å². The molecular formula is C16H28N4O. The summed E-state index contributed by atoms with van der Waals surface area (Å²) in [5, 5.41) is 3.32. The molecule has 5 heteroatoms. The number of aromatic nitrogens is 2. The van der Waals surface area contributed by atoms with Crippen LogP contribution in [0.3, 0.4) is 0 Å². The van der Waals surface area contributed by atoms with Crippen molar-refractivity contribution in [3.8, 4) is 0 Å². The van der Waals surface area contributed by atoms with Crippen LogP contribution in [0.1, 0.15) is 46.9 Å². The molecule has 1 saturated heterocycles. The molecule has 1 atom stereocenters. The molecule has 1 fully saturated rings. The Morgan fingerprint density at radius 1 is 1.38 bits per heavy atom. The number of ether oxygens (including phenoxy) is 1. The standard InChI is InChI=1S/C16H28N4O/c1-6-17-13-10-14(19-15(18-13)16(3,4)5)20-8-7-9-21-12(2)11-20/h10,12H,6-9,11H2,1-5H3,(H,17,18,19). The number of rotatable bonds is 3. The van der Waals surface area contributed by atoms with Gasteiger partial charge in [0.05, 0.1) is 6.10 Å². The second-order valence-corrected chi connectivity index (χ2v) is 6.70. The maximum atomic E-state index is 5.73. The van der Waals surface area contributed by atoms with Crippen molar-refractivity contribution >= 4 is 11.6 Å². The highest BCUT2D eigenvalue weighted by Gasteiger charge is 2.22. The highest BCUT2D eigenvalue weighted by molar-refractivity contribution is 5.50. The van der Waals surface area contributed by atoms with E-state index in [2.05, 4.69) is 55.9 Å². The Morgan fingerprint density at radius 2 is 2.14 bits per heavy atom. The number of hydrogen-bond donors (Lipinski definition) is 1. The summed E-state index contributed by atoms with van der Waals surface area (Å²) in [7, 11) is 0. The van der Waals surface area contributed by atoms with Crippen molar-refractivity contribution < 1.29 is 4.74 Å². The Balaban J connectivity index is 2.34. The maximum absolute atomic E-state index is 5.73. The minimum absolute atomic E-state index is 0.0614. The highest BCUT2D eigenvalue weighted by atomic mass is 16.5. The van der Waals surface area contributed by atoms with E-state index >= 15 is 0 Å². The molecule has 21 heavy (non-hydrogen) atoms. The van der Waals surface area contributed by atoms with E-state index in [0.717, 1.165) is 50.1 Å². The second kappa shape index (κ2) is 6.60. The lowest BCUT2D eigenvalue weighted by Gasteiger charge is -2.26. The fourth-order valence-electron chi connectivity index (χ4n) is 2.41. The van der Waals surface area contributed by atoms with E-state index in [4.69, 9.17) is 9.72 Å². The third kappa shape index (κ3) is 4.30. The first-order valence-corrected chi connectivity index (χ1v) is 7.90. The van der Waals surface area contributed by atoms with Gasteiger partial charge in [-0.15, -0.1) is 0 Å². The van der Waals surface area contributed by atoms with Gasteiger partial charge in [0.25, 0.3) is 0 Å². The summed E-state index contributed by atoms with van der Waals surface area (Å²) in [6.07, 6.45) is 1.28. The molecule has 2 rings (SSSR count). The van der Waals surface area contributed by atoms with Crippen molar-refractivity contribution in [2.75, 3.05) is 36.5 Å². The highest BCUT2D eigenvalue weighted by Crippen LogP contribution is 2.25. The van der Waals surface area contributed by atoms with Crippen LogP contribution in [0.2, 0.25) is 0 Å². The molecule has 0 aliphatic carbocycles. The lowest BCUT2D eigenvalue weighted by molar-refractivity contribution is 0.0820. The third-order valence-corrected chi connectivity index (χ3v) is 3.52. The zero-order valence-corrected chi connectivity index (χ0v) is 13.9. The van der Waals surface area contributed by atoms with Crippen LogP contribution < -0.4 is 10.2 Å². The van der Waals surface area contributed by atoms with Crippen LogP contribution in [-0.4, -0.2) is 42.3 Å². The van der Waals surface area contributed by atoms with Crippen LogP contribution in [0.15, 0.2) is 6.07 Å². The Morgan fingerprint density at radius 3 is 2.81 bits per heavy atom. The van der Waals surface area contributed by atoms with E-state index in [9.17, 15) is 0 Å². The Bertz CT molecular complexity index is 470. The molecule has 0 bridgehead atoms. The van der Waals surface area contributed by atoms with Gasteiger partial charge in [0.2, 0.25) is 0 Å². The van der Waals surface area contributed by atoms with Crippen LogP contribution in [0, 0.1) is 0 Å². The Labute approximate surface area is 128 Å². The number of nitrogens with zero attached hydrogens (tertiary/aromatic N) is 3. The lowest BCUT2D eigenvalue weighted by atomic mass is 9.96. The fourth-order valence-corrected chi connectivity index (χ4v) is 2.41. The minimum Gasteiger partial charge on any atom is -0.377 e. The molecule has 118 valence electrons. The Kier molecular flexibility index (Phi) is 5.04. The third-order valence-electron chi connectivity index (χ3n) is 3.52. The maximum Gasteiger partial charge on any atom is 0.138 e. The number of anilines is 2. The second-order valence-electron chi connectivity index (χ2n) is 6.70. The molecule has 1 aliphatic rings. The van der Waals surface area contributed by atoms with E-state index in [0.29, 0.717) is 0 Å². The van der Waals surface area contributed by atoms with E-state index < -0.39 is 0 Å². The lowest BCUT2D eigenvalue weighted by Crippen LogP contribution is -2.32. The average Bonchev–Trinajstić information content (AvgIpc) is 2.62. The molecule has 0 radical (unpaired) electrons. The summed E-state index contributed by atoms with van der Waals surface area (Å²) in [6.45, 7) is 14.2. The molecule has 1 aliphatic heterocycles. The van der Waals surface area contributed by atoms with Crippen LogP contribution >= 0.6 is 0 Å². The molecule has 1 aromatic rings. The summed E-state index contributed by atoms with van der Waals surface area (Å²) >= 11 is 0. The van der Waals surface area contributed by atoms with Gasteiger partial charge in [-0.25, -0.2) is 9.97 Å². The van der Waals surface area contributed by atoms with E-state index in [1.165, 1.54) is 0 Å². The normalized spacial score (nSPS) is 20.2. The number of nitrogens with one attached hydrogen (secondary N) is 1. The minimum atomic E-state index is -0.0614. The number of hydrogen-bond acceptors (Lipinski definition) is 5. The van der Waals surface area contributed by atoms with Gasteiger partial charge < -0.3 is 15.0 Å². The van der Waals surface area contributed by atoms with Gasteiger partial charge in [-0.05, 0) is 20.3 Å². The van der Waals surface area contributed by atoms with Crippen molar-refractivity contribution in [2.24, 2.45) is 0 Å². The largest absolute Gasteiger partial charge is 0.377 e. The predicted octanol–water partition coefficient (Wildman–Crippen LogP) is 2.82. The van der Waals surface area contributed by atoms with Gasteiger partial charge in [-0.1, -0.05) is 20.8 Å². The van der Waals surface area contributed by atoms with Crippen LogP contribution in [-0.2, 0) is 10.2 Å². The predicted molar refractivity (Wildman–Crippen MR) is 87.1 cm³/mol. The summed E-state index contributed by atoms with van der Waals surface area (Å²) in [4.78, 5) is 11.8. The zero-order chi connectivity index (χ0) is 15.5. The van der Waals surface area contributed by atoms with Gasteiger partial charge in [0.15, 0.2) is 0 Å². The van der Waals surface area contributed by atoms with Crippen molar-refractivity contribution in [3.05, 3.63) is 11.9 Å². The molecule has 1 unspecified atom stereocenters. The van der Waals surface area contributed by atoms with E-state index in [1.54, 1.807) is 0 Å². The van der Waals surface area contributed by atoms with Crippen LogP contribution in [0.4, 0.5) is 11.6 Å². The molecule has 0 saturated carbocycles. The van der Waals surface area contributed by atoms with Gasteiger partial charge in [0, 0.05) is 37.7 Å². The monoisotopic (exact) mass is 292 g/mol. The van der Waals surface area contributed by atoms with Crippen molar-refractivity contribution in [2.45, 2.75) is 52.6 Å². The smallest absolute Gasteiger partial charge is 0.138 e.